The molecule has 0 bridgehead atoms. The molecule has 4 aromatic rings. The molecule has 198 valence electrons. The minimum absolute atomic E-state index is 0.296. The van der Waals surface area contributed by atoms with E-state index in [1.54, 1.807) is 0 Å². The summed E-state index contributed by atoms with van der Waals surface area (Å²) in [5.74, 6) is 2.75. The highest BCUT2D eigenvalue weighted by Gasteiger charge is 2.34. The molecule has 2 fully saturated rings. The second-order valence-corrected chi connectivity index (χ2v) is 9.99. The maximum Gasteiger partial charge on any atom is 0.225 e. The number of aryl methyl sites for hydroxylation is 1. The van der Waals surface area contributed by atoms with Crippen molar-refractivity contribution in [2.45, 2.75) is 39.8 Å². The molecule has 0 radical (unpaired) electrons. The minimum atomic E-state index is 0.296. The monoisotopic (exact) mass is 514 g/mol. The van der Waals surface area contributed by atoms with Crippen molar-refractivity contribution in [3.8, 4) is 16.9 Å². The van der Waals surface area contributed by atoms with Crippen LogP contribution >= 0.6 is 0 Å². The highest BCUT2D eigenvalue weighted by molar-refractivity contribution is 5.92. The van der Waals surface area contributed by atoms with E-state index >= 15 is 0 Å². The van der Waals surface area contributed by atoms with Crippen molar-refractivity contribution < 1.29 is 9.53 Å². The number of anilines is 2. The zero-order valence-electron chi connectivity index (χ0n) is 22.0. The summed E-state index contributed by atoms with van der Waals surface area (Å²) in [5, 5.41) is 7.75. The van der Waals surface area contributed by atoms with Gasteiger partial charge < -0.3 is 19.9 Å². The van der Waals surface area contributed by atoms with Crippen molar-refractivity contribution >= 4 is 28.7 Å². The number of carbonyl (C=O) groups is 1. The number of rotatable bonds is 9. The molecule has 2 aliphatic rings. The van der Waals surface area contributed by atoms with Crippen LogP contribution in [0.5, 0.6) is 5.75 Å². The lowest BCUT2D eigenvalue weighted by atomic mass is 10.1. The van der Waals surface area contributed by atoms with E-state index in [1.165, 1.54) is 5.56 Å². The number of benzene rings is 1. The number of pyridine rings is 1. The quantitative estimate of drug-likeness (QED) is 0.347. The molecule has 0 atom stereocenters. The Morgan fingerprint density at radius 3 is 2.74 bits per heavy atom. The maximum absolute atomic E-state index is 12.3. The molecule has 1 amide bonds. The summed E-state index contributed by atoms with van der Waals surface area (Å²) in [6, 6.07) is 8.13. The summed E-state index contributed by atoms with van der Waals surface area (Å²) in [6.07, 6.45) is 7.84. The third-order valence-corrected chi connectivity index (χ3v) is 7.26. The fourth-order valence-corrected chi connectivity index (χ4v) is 5.04. The number of amides is 1. The molecule has 3 aromatic heterocycles. The van der Waals surface area contributed by atoms with Gasteiger partial charge in [0.05, 0.1) is 18.3 Å². The van der Waals surface area contributed by atoms with E-state index in [9.17, 15) is 4.79 Å². The van der Waals surface area contributed by atoms with Crippen LogP contribution in [0.15, 0.2) is 42.9 Å². The van der Waals surface area contributed by atoms with E-state index in [1.807, 2.05) is 53.3 Å². The molecule has 6 rings (SSSR count). The highest BCUT2D eigenvalue weighted by atomic mass is 16.5. The van der Waals surface area contributed by atoms with Gasteiger partial charge in [0.2, 0.25) is 11.9 Å². The Morgan fingerprint density at radius 2 is 2.00 bits per heavy atom. The van der Waals surface area contributed by atoms with Gasteiger partial charge in [-0.05, 0) is 56.5 Å². The molecule has 2 N–H and O–H groups in total. The molecule has 1 aliphatic carbocycles. The predicted octanol–water partition coefficient (Wildman–Crippen LogP) is 4.04. The van der Waals surface area contributed by atoms with Crippen LogP contribution in [0.3, 0.4) is 0 Å². The van der Waals surface area contributed by atoms with E-state index < -0.39 is 0 Å². The van der Waals surface area contributed by atoms with Crippen molar-refractivity contribution in [2.24, 2.45) is 5.92 Å². The first-order chi connectivity index (χ1) is 18.6. The van der Waals surface area contributed by atoms with Crippen LogP contribution < -0.4 is 10.1 Å². The number of aromatic amines is 1. The summed E-state index contributed by atoms with van der Waals surface area (Å²) in [7, 11) is 0. The molecule has 10 heteroatoms. The van der Waals surface area contributed by atoms with Gasteiger partial charge in [-0.25, -0.2) is 9.97 Å². The van der Waals surface area contributed by atoms with Crippen molar-refractivity contribution in [3.63, 3.8) is 0 Å². The van der Waals surface area contributed by atoms with E-state index in [2.05, 4.69) is 38.3 Å². The molecular weight excluding hydrogens is 480 g/mol. The number of fused-ring (bicyclic) bond motifs is 1. The normalized spacial score (nSPS) is 16.2. The lowest BCUT2D eigenvalue weighted by Gasteiger charge is -2.34. The van der Waals surface area contributed by atoms with E-state index in [0.717, 1.165) is 85.8 Å². The SMILES string of the molecule is CCOc1c(-c2cnn(CC)c2)ccc2nc(Nc3cc(CN4CCN(C(=O)C5CC5)CC4)ccn3)[nH]c12. The van der Waals surface area contributed by atoms with Gasteiger partial charge in [0, 0.05) is 68.7 Å². The van der Waals surface area contributed by atoms with Crippen LogP contribution in [0.2, 0.25) is 0 Å². The van der Waals surface area contributed by atoms with Gasteiger partial charge >= 0.3 is 0 Å². The van der Waals surface area contributed by atoms with Crippen LogP contribution in [0, 0.1) is 5.92 Å². The van der Waals surface area contributed by atoms with Crippen LogP contribution in [-0.2, 0) is 17.9 Å². The molecule has 1 saturated heterocycles. The smallest absolute Gasteiger partial charge is 0.225 e. The lowest BCUT2D eigenvalue weighted by Crippen LogP contribution is -2.48. The Kier molecular flexibility index (Phi) is 6.71. The molecule has 1 saturated carbocycles. The molecule has 38 heavy (non-hydrogen) atoms. The molecule has 1 aliphatic heterocycles. The number of aromatic nitrogens is 5. The van der Waals surface area contributed by atoms with Gasteiger partial charge in [-0.15, -0.1) is 0 Å². The average molecular weight is 515 g/mol. The van der Waals surface area contributed by atoms with Crippen LogP contribution in [0.1, 0.15) is 32.3 Å². The number of hydrogen-bond acceptors (Lipinski definition) is 7. The van der Waals surface area contributed by atoms with Crippen molar-refractivity contribution in [1.82, 2.24) is 34.5 Å². The number of piperazine rings is 1. The zero-order chi connectivity index (χ0) is 26.1. The van der Waals surface area contributed by atoms with E-state index in [-0.39, 0.29) is 0 Å². The maximum atomic E-state index is 12.3. The minimum Gasteiger partial charge on any atom is -0.491 e. The first kappa shape index (κ1) is 24.4. The third kappa shape index (κ3) is 5.08. The Balaban J connectivity index is 1.16. The standard InChI is InChI=1S/C28H34N8O2/c1-3-36-18-21(16-30-36)22-7-8-23-25(26(22)38-4-2)33-28(31-23)32-24-15-19(9-10-29-24)17-34-11-13-35(14-12-34)27(37)20-5-6-20/h7-10,15-16,18,20H,3-6,11-14,17H2,1-2H3,(H2,29,31,32,33). The van der Waals surface area contributed by atoms with E-state index in [0.29, 0.717) is 24.4 Å². The summed E-state index contributed by atoms with van der Waals surface area (Å²) < 4.78 is 7.98. The first-order valence-electron chi connectivity index (χ1n) is 13.5. The van der Waals surface area contributed by atoms with Crippen LogP contribution in [0.4, 0.5) is 11.8 Å². The highest BCUT2D eigenvalue weighted by Crippen LogP contribution is 2.37. The van der Waals surface area contributed by atoms with Gasteiger partial charge in [-0.2, -0.15) is 5.10 Å². The second kappa shape index (κ2) is 10.4. The largest absolute Gasteiger partial charge is 0.491 e. The predicted molar refractivity (Wildman–Crippen MR) is 146 cm³/mol. The average Bonchev–Trinajstić information content (AvgIpc) is 3.53. The second-order valence-electron chi connectivity index (χ2n) is 9.99. The topological polar surface area (TPSA) is 104 Å². The number of imidazole rings is 1. The summed E-state index contributed by atoms with van der Waals surface area (Å²) >= 11 is 0. The number of nitrogens with zero attached hydrogens (tertiary/aromatic N) is 6. The number of nitrogens with one attached hydrogen (secondary N) is 2. The van der Waals surface area contributed by atoms with Crippen LogP contribution in [0.25, 0.3) is 22.2 Å². The van der Waals surface area contributed by atoms with Gasteiger partial charge in [-0.3, -0.25) is 14.4 Å². The molecule has 0 spiro atoms. The van der Waals surface area contributed by atoms with Crippen LogP contribution in [-0.4, -0.2) is 73.2 Å². The number of ether oxygens (including phenoxy) is 1. The lowest BCUT2D eigenvalue weighted by molar-refractivity contribution is -0.134. The molecule has 0 unspecified atom stereocenters. The Hall–Kier alpha value is -3.92. The molecule has 4 heterocycles. The van der Waals surface area contributed by atoms with Gasteiger partial charge in [0.1, 0.15) is 11.3 Å². The summed E-state index contributed by atoms with van der Waals surface area (Å²) in [4.78, 5) is 29.4. The molecular formula is C28H34N8O2. The fraction of sp³-hybridized carbons (Fsp3) is 0.429. The zero-order valence-corrected chi connectivity index (χ0v) is 22.0. The fourth-order valence-electron chi connectivity index (χ4n) is 5.04. The Bertz CT molecular complexity index is 1430. The number of H-pyrrole nitrogens is 1. The Labute approximate surface area is 222 Å². The van der Waals surface area contributed by atoms with Crippen molar-refractivity contribution in [1.29, 1.82) is 0 Å². The van der Waals surface area contributed by atoms with Gasteiger partial charge in [0.25, 0.3) is 0 Å². The third-order valence-electron chi connectivity index (χ3n) is 7.26. The summed E-state index contributed by atoms with van der Waals surface area (Å²) in [6.45, 7) is 9.65. The number of carbonyl (C=O) groups excluding carboxylic acids is 1. The number of hydrogen-bond donors (Lipinski definition) is 2. The van der Waals surface area contributed by atoms with E-state index in [4.69, 9.17) is 9.72 Å². The van der Waals surface area contributed by atoms with Crippen molar-refractivity contribution in [3.05, 3.63) is 48.4 Å². The first-order valence-corrected chi connectivity index (χ1v) is 13.5. The van der Waals surface area contributed by atoms with Crippen molar-refractivity contribution in [2.75, 3.05) is 38.1 Å². The molecule has 1 aromatic carbocycles. The van der Waals surface area contributed by atoms with Gasteiger partial charge in [-0.1, -0.05) is 0 Å². The molecule has 10 nitrogen and oxygen atoms in total. The van der Waals surface area contributed by atoms with Gasteiger partial charge in [0.15, 0.2) is 5.75 Å². The Morgan fingerprint density at radius 1 is 1.16 bits per heavy atom. The summed E-state index contributed by atoms with van der Waals surface area (Å²) in [5.41, 5.74) is 4.82.